The summed E-state index contributed by atoms with van der Waals surface area (Å²) in [6, 6.07) is 16.9. The summed E-state index contributed by atoms with van der Waals surface area (Å²) in [6.45, 7) is 3.63. The zero-order valence-corrected chi connectivity index (χ0v) is 18.7. The predicted octanol–water partition coefficient (Wildman–Crippen LogP) is 3.10. The topological polar surface area (TPSA) is 73.0 Å². The molecule has 3 aromatic carbocycles. The number of rotatable bonds is 5. The molecule has 4 amide bonds. The molecule has 2 aliphatic rings. The van der Waals surface area contributed by atoms with Crippen molar-refractivity contribution in [3.63, 3.8) is 0 Å². The first kappa shape index (κ1) is 22.0. The molecule has 174 valence electrons. The third-order valence-electron chi connectivity index (χ3n) is 6.51. The quantitative estimate of drug-likeness (QED) is 0.594. The first-order valence-corrected chi connectivity index (χ1v) is 11.4. The van der Waals surface area contributed by atoms with Crippen LogP contribution in [0.1, 0.15) is 26.3 Å². The van der Waals surface area contributed by atoms with E-state index in [1.54, 1.807) is 29.2 Å². The van der Waals surface area contributed by atoms with Crippen LogP contribution in [0.2, 0.25) is 0 Å². The second-order valence-corrected chi connectivity index (χ2v) is 8.59. The molecule has 1 saturated heterocycles. The summed E-state index contributed by atoms with van der Waals surface area (Å²) in [7, 11) is 0. The van der Waals surface area contributed by atoms with Gasteiger partial charge < -0.3 is 10.2 Å². The van der Waals surface area contributed by atoms with Gasteiger partial charge in [-0.15, -0.1) is 0 Å². The third-order valence-corrected chi connectivity index (χ3v) is 6.51. The van der Waals surface area contributed by atoms with Crippen molar-refractivity contribution >= 4 is 28.6 Å². The van der Waals surface area contributed by atoms with Gasteiger partial charge in [-0.05, 0) is 35.2 Å². The van der Waals surface area contributed by atoms with Crippen LogP contribution in [-0.4, -0.2) is 71.8 Å². The van der Waals surface area contributed by atoms with Crippen LogP contribution in [0, 0.1) is 5.82 Å². The monoisotopic (exact) mass is 460 g/mol. The highest BCUT2D eigenvalue weighted by molar-refractivity contribution is 6.25. The van der Waals surface area contributed by atoms with E-state index in [0.29, 0.717) is 56.9 Å². The molecule has 0 aromatic heterocycles. The Labute approximate surface area is 196 Å². The summed E-state index contributed by atoms with van der Waals surface area (Å²) in [5, 5.41) is 4.49. The van der Waals surface area contributed by atoms with Gasteiger partial charge in [0.05, 0.1) is 0 Å². The number of hydrogen-bond donors (Lipinski definition) is 1. The predicted molar refractivity (Wildman–Crippen MR) is 126 cm³/mol. The van der Waals surface area contributed by atoms with Crippen molar-refractivity contribution in [2.75, 3.05) is 39.3 Å². The third kappa shape index (κ3) is 4.24. The lowest BCUT2D eigenvalue weighted by Crippen LogP contribution is -2.53. The lowest BCUT2D eigenvalue weighted by atomic mass is 9.94. The number of carbonyl (C=O) groups is 3. The van der Waals surface area contributed by atoms with E-state index in [4.69, 9.17) is 0 Å². The van der Waals surface area contributed by atoms with Crippen LogP contribution in [0.15, 0.2) is 60.7 Å². The van der Waals surface area contributed by atoms with Gasteiger partial charge in [0.25, 0.3) is 11.8 Å². The van der Waals surface area contributed by atoms with E-state index in [1.807, 2.05) is 24.3 Å². The molecule has 0 unspecified atom stereocenters. The minimum absolute atomic E-state index is 0.157. The molecular formula is C26H25FN4O3. The summed E-state index contributed by atoms with van der Waals surface area (Å²) >= 11 is 0. The van der Waals surface area contributed by atoms with Gasteiger partial charge in [0.15, 0.2) is 0 Å². The Morgan fingerprint density at radius 3 is 2.06 bits per heavy atom. The summed E-state index contributed by atoms with van der Waals surface area (Å²) < 4.78 is 13.0. The Bertz CT molecular complexity index is 1200. The number of nitrogens with zero attached hydrogens (tertiary/aromatic N) is 3. The van der Waals surface area contributed by atoms with Gasteiger partial charge >= 0.3 is 6.03 Å². The first-order chi connectivity index (χ1) is 16.5. The highest BCUT2D eigenvalue weighted by atomic mass is 19.1. The number of amides is 4. The molecule has 0 spiro atoms. The van der Waals surface area contributed by atoms with Crippen molar-refractivity contribution < 1.29 is 18.8 Å². The van der Waals surface area contributed by atoms with Gasteiger partial charge in [0.1, 0.15) is 5.82 Å². The first-order valence-electron chi connectivity index (χ1n) is 11.4. The average Bonchev–Trinajstić information content (AvgIpc) is 2.87. The molecule has 8 heteroatoms. The van der Waals surface area contributed by atoms with Crippen molar-refractivity contribution in [1.29, 1.82) is 0 Å². The number of urea groups is 1. The Morgan fingerprint density at radius 1 is 0.824 bits per heavy atom. The SMILES string of the molecule is O=C(NCc1ccc(F)cc1)N1CCN(CCN2C(=O)c3cccc4cccc(c34)C2=O)CC1. The molecular weight excluding hydrogens is 435 g/mol. The Kier molecular flexibility index (Phi) is 5.98. The molecule has 0 aliphatic carbocycles. The number of benzene rings is 3. The van der Waals surface area contributed by atoms with Crippen LogP contribution in [0.3, 0.4) is 0 Å². The van der Waals surface area contributed by atoms with E-state index in [9.17, 15) is 18.8 Å². The van der Waals surface area contributed by atoms with Crippen molar-refractivity contribution in [2.45, 2.75) is 6.54 Å². The number of imide groups is 1. The molecule has 0 atom stereocenters. The average molecular weight is 461 g/mol. The second kappa shape index (κ2) is 9.23. The van der Waals surface area contributed by atoms with Crippen molar-refractivity contribution in [3.05, 3.63) is 83.2 Å². The lowest BCUT2D eigenvalue weighted by molar-refractivity contribution is 0.0580. The standard InChI is InChI=1S/C26H25FN4O3/c27-20-9-7-18(8-10-20)17-28-26(34)30-14-11-29(12-15-30)13-16-31-24(32)21-5-1-3-19-4-2-6-22(23(19)21)25(31)33/h1-10H,11-17H2,(H,28,34). The minimum atomic E-state index is -0.305. The summed E-state index contributed by atoms with van der Waals surface area (Å²) in [4.78, 5) is 43.8. The second-order valence-electron chi connectivity index (χ2n) is 8.59. The van der Waals surface area contributed by atoms with Crippen LogP contribution in [0.25, 0.3) is 10.8 Å². The maximum Gasteiger partial charge on any atom is 0.317 e. The molecule has 1 fully saturated rings. The molecule has 2 aliphatic heterocycles. The summed E-state index contributed by atoms with van der Waals surface area (Å²) in [6.07, 6.45) is 0. The van der Waals surface area contributed by atoms with Gasteiger partial charge in [-0.3, -0.25) is 19.4 Å². The maximum atomic E-state index is 13.0. The van der Waals surface area contributed by atoms with Crippen LogP contribution in [-0.2, 0) is 6.54 Å². The van der Waals surface area contributed by atoms with Crippen molar-refractivity contribution in [2.24, 2.45) is 0 Å². The van der Waals surface area contributed by atoms with Crippen LogP contribution < -0.4 is 5.32 Å². The summed E-state index contributed by atoms with van der Waals surface area (Å²) in [5.74, 6) is -0.818. The van der Waals surface area contributed by atoms with E-state index < -0.39 is 0 Å². The van der Waals surface area contributed by atoms with E-state index in [0.717, 1.165) is 16.3 Å². The van der Waals surface area contributed by atoms with E-state index in [1.165, 1.54) is 17.0 Å². The molecule has 0 saturated carbocycles. The zero-order valence-electron chi connectivity index (χ0n) is 18.7. The lowest BCUT2D eigenvalue weighted by Gasteiger charge is -2.36. The maximum absolute atomic E-state index is 13.0. The molecule has 0 radical (unpaired) electrons. The van der Waals surface area contributed by atoms with E-state index >= 15 is 0 Å². The zero-order chi connectivity index (χ0) is 23.7. The molecule has 5 rings (SSSR count). The fraction of sp³-hybridized carbons (Fsp3) is 0.269. The Hall–Kier alpha value is -3.78. The van der Waals surface area contributed by atoms with Gasteiger partial charge in [0.2, 0.25) is 0 Å². The molecule has 7 nitrogen and oxygen atoms in total. The van der Waals surface area contributed by atoms with Gasteiger partial charge in [0, 0.05) is 62.3 Å². The minimum Gasteiger partial charge on any atom is -0.334 e. The number of carbonyl (C=O) groups excluding carboxylic acids is 3. The van der Waals surface area contributed by atoms with Crippen molar-refractivity contribution in [3.8, 4) is 0 Å². The molecule has 1 N–H and O–H groups in total. The molecule has 0 bridgehead atoms. The van der Waals surface area contributed by atoms with Gasteiger partial charge in [-0.25, -0.2) is 9.18 Å². The smallest absolute Gasteiger partial charge is 0.317 e. The molecule has 3 aromatic rings. The van der Waals surface area contributed by atoms with Crippen molar-refractivity contribution in [1.82, 2.24) is 20.0 Å². The van der Waals surface area contributed by atoms with Gasteiger partial charge in [-0.2, -0.15) is 0 Å². The largest absolute Gasteiger partial charge is 0.334 e. The summed E-state index contributed by atoms with van der Waals surface area (Å²) in [5.41, 5.74) is 1.97. The number of halogens is 1. The fourth-order valence-corrected chi connectivity index (χ4v) is 4.59. The highest BCUT2D eigenvalue weighted by Crippen LogP contribution is 2.29. The van der Waals surface area contributed by atoms with E-state index in [-0.39, 0.29) is 23.7 Å². The number of hydrogen-bond acceptors (Lipinski definition) is 4. The van der Waals surface area contributed by atoms with Gasteiger partial charge in [-0.1, -0.05) is 36.4 Å². The molecule has 34 heavy (non-hydrogen) atoms. The molecule has 2 heterocycles. The van der Waals surface area contributed by atoms with Crippen LogP contribution >= 0.6 is 0 Å². The highest BCUT2D eigenvalue weighted by Gasteiger charge is 2.33. The number of nitrogens with one attached hydrogen (secondary N) is 1. The number of piperazine rings is 1. The Morgan fingerprint density at radius 2 is 1.44 bits per heavy atom. The Balaban J connectivity index is 1.14. The normalized spacial score (nSPS) is 16.3. The fourth-order valence-electron chi connectivity index (χ4n) is 4.59. The van der Waals surface area contributed by atoms with E-state index in [2.05, 4.69) is 10.2 Å². The van der Waals surface area contributed by atoms with Crippen LogP contribution in [0.5, 0.6) is 0 Å². The van der Waals surface area contributed by atoms with Crippen LogP contribution in [0.4, 0.5) is 9.18 Å².